The van der Waals surface area contributed by atoms with Crippen LogP contribution in [0.2, 0.25) is 0 Å². The van der Waals surface area contributed by atoms with Gasteiger partial charge in [0.2, 0.25) is 5.91 Å². The van der Waals surface area contributed by atoms with Gasteiger partial charge in [0.05, 0.1) is 11.4 Å². The van der Waals surface area contributed by atoms with Crippen molar-refractivity contribution in [3.63, 3.8) is 0 Å². The maximum absolute atomic E-state index is 11.5. The van der Waals surface area contributed by atoms with E-state index in [-0.39, 0.29) is 5.91 Å². The molecule has 0 aromatic carbocycles. The van der Waals surface area contributed by atoms with Gasteiger partial charge in [-0.05, 0) is 19.8 Å². The lowest BCUT2D eigenvalue weighted by molar-refractivity contribution is -0.128. The van der Waals surface area contributed by atoms with Crippen LogP contribution >= 0.6 is 0 Å². The van der Waals surface area contributed by atoms with Crippen molar-refractivity contribution >= 4 is 17.4 Å². The van der Waals surface area contributed by atoms with Gasteiger partial charge in [-0.15, -0.1) is 0 Å². The first kappa shape index (κ1) is 14.7. The van der Waals surface area contributed by atoms with Gasteiger partial charge in [-0.1, -0.05) is 6.92 Å². The van der Waals surface area contributed by atoms with E-state index in [2.05, 4.69) is 16.9 Å². The summed E-state index contributed by atoms with van der Waals surface area (Å²) >= 11 is 0. The Morgan fingerprint density at radius 2 is 2.05 bits per heavy atom. The molecule has 0 saturated carbocycles. The van der Waals surface area contributed by atoms with E-state index in [0.29, 0.717) is 0 Å². The highest BCUT2D eigenvalue weighted by molar-refractivity contribution is 5.73. The standard InChI is InChI=1S/C14H25N5O/c1-4-6-19-14(13(15)11(2)16-19)18-8-5-7-17(9-10-18)12(3)20/h4-10,15H2,1-3H3. The molecule has 1 fully saturated rings. The van der Waals surface area contributed by atoms with Gasteiger partial charge in [0.15, 0.2) is 5.82 Å². The number of hydrogen-bond acceptors (Lipinski definition) is 4. The Balaban J connectivity index is 2.21. The summed E-state index contributed by atoms with van der Waals surface area (Å²) in [7, 11) is 0. The van der Waals surface area contributed by atoms with E-state index in [1.165, 1.54) is 0 Å². The van der Waals surface area contributed by atoms with Gasteiger partial charge in [0.25, 0.3) is 0 Å². The van der Waals surface area contributed by atoms with Crippen molar-refractivity contribution < 1.29 is 4.79 Å². The molecule has 6 heteroatoms. The molecule has 1 aliphatic heterocycles. The van der Waals surface area contributed by atoms with Gasteiger partial charge in [-0.25, -0.2) is 4.68 Å². The Hall–Kier alpha value is -1.72. The number of aryl methyl sites for hydroxylation is 2. The van der Waals surface area contributed by atoms with Crippen molar-refractivity contribution in [2.45, 2.75) is 40.2 Å². The minimum Gasteiger partial charge on any atom is -0.394 e. The van der Waals surface area contributed by atoms with Crippen LogP contribution in [0.3, 0.4) is 0 Å². The molecule has 2 rings (SSSR count). The summed E-state index contributed by atoms with van der Waals surface area (Å²) in [4.78, 5) is 15.7. The molecular formula is C14H25N5O. The summed E-state index contributed by atoms with van der Waals surface area (Å²) < 4.78 is 2.01. The molecule has 0 radical (unpaired) electrons. The van der Waals surface area contributed by atoms with Crippen LogP contribution in [0, 0.1) is 6.92 Å². The molecule has 1 saturated heterocycles. The average Bonchev–Trinajstić information content (AvgIpc) is 2.59. The van der Waals surface area contributed by atoms with E-state index >= 15 is 0 Å². The van der Waals surface area contributed by atoms with Crippen LogP contribution in [0.25, 0.3) is 0 Å². The van der Waals surface area contributed by atoms with Crippen molar-refractivity contribution in [2.24, 2.45) is 0 Å². The lowest BCUT2D eigenvalue weighted by Gasteiger charge is -2.24. The molecule has 112 valence electrons. The fraction of sp³-hybridized carbons (Fsp3) is 0.714. The minimum absolute atomic E-state index is 0.151. The lowest BCUT2D eigenvalue weighted by atomic mass is 10.3. The summed E-state index contributed by atoms with van der Waals surface area (Å²) in [6, 6.07) is 0. The predicted molar refractivity (Wildman–Crippen MR) is 80.8 cm³/mol. The van der Waals surface area contributed by atoms with E-state index in [1.807, 2.05) is 16.5 Å². The van der Waals surface area contributed by atoms with Crippen molar-refractivity contribution in [3.8, 4) is 0 Å². The first-order valence-electron chi connectivity index (χ1n) is 7.38. The molecule has 1 amide bonds. The van der Waals surface area contributed by atoms with E-state index < -0.39 is 0 Å². The summed E-state index contributed by atoms with van der Waals surface area (Å²) in [5.74, 6) is 1.17. The second-order valence-corrected chi connectivity index (χ2v) is 5.39. The predicted octanol–water partition coefficient (Wildman–Crippen LogP) is 1.24. The van der Waals surface area contributed by atoms with Crippen LogP contribution in [0.1, 0.15) is 32.4 Å². The number of amides is 1. The van der Waals surface area contributed by atoms with Crippen LogP contribution in [-0.4, -0.2) is 46.8 Å². The zero-order valence-electron chi connectivity index (χ0n) is 12.7. The van der Waals surface area contributed by atoms with E-state index in [4.69, 9.17) is 5.73 Å². The summed E-state index contributed by atoms with van der Waals surface area (Å²) in [5, 5.41) is 4.53. The molecule has 1 aliphatic rings. The van der Waals surface area contributed by atoms with Crippen LogP contribution < -0.4 is 10.6 Å². The third-order valence-corrected chi connectivity index (χ3v) is 3.82. The molecule has 0 unspecified atom stereocenters. The molecule has 1 aromatic rings. The molecular weight excluding hydrogens is 254 g/mol. The van der Waals surface area contributed by atoms with E-state index in [0.717, 1.165) is 62.8 Å². The fourth-order valence-electron chi connectivity index (χ4n) is 2.73. The van der Waals surface area contributed by atoms with Gasteiger partial charge >= 0.3 is 0 Å². The maximum atomic E-state index is 11.5. The van der Waals surface area contributed by atoms with Gasteiger partial charge in [-0.2, -0.15) is 5.10 Å². The maximum Gasteiger partial charge on any atom is 0.219 e. The molecule has 2 heterocycles. The third kappa shape index (κ3) is 2.89. The first-order valence-corrected chi connectivity index (χ1v) is 7.38. The Kier molecular flexibility index (Phi) is 4.52. The average molecular weight is 279 g/mol. The third-order valence-electron chi connectivity index (χ3n) is 3.82. The fourth-order valence-corrected chi connectivity index (χ4v) is 2.73. The summed E-state index contributed by atoms with van der Waals surface area (Å²) in [6.07, 6.45) is 2.00. The van der Waals surface area contributed by atoms with E-state index in [1.54, 1.807) is 6.92 Å². The number of nitrogen functional groups attached to an aromatic ring is 1. The highest BCUT2D eigenvalue weighted by Crippen LogP contribution is 2.27. The number of rotatable bonds is 3. The molecule has 20 heavy (non-hydrogen) atoms. The second-order valence-electron chi connectivity index (χ2n) is 5.39. The summed E-state index contributed by atoms with van der Waals surface area (Å²) in [6.45, 7) is 9.91. The zero-order valence-corrected chi connectivity index (χ0v) is 12.7. The van der Waals surface area contributed by atoms with Crippen LogP contribution in [-0.2, 0) is 11.3 Å². The SMILES string of the molecule is CCCn1nc(C)c(N)c1N1CCCN(C(C)=O)CC1. The quantitative estimate of drug-likeness (QED) is 0.904. The van der Waals surface area contributed by atoms with Gasteiger partial charge < -0.3 is 15.5 Å². The largest absolute Gasteiger partial charge is 0.394 e. The van der Waals surface area contributed by atoms with Crippen molar-refractivity contribution in [1.82, 2.24) is 14.7 Å². The highest BCUT2D eigenvalue weighted by Gasteiger charge is 2.22. The normalized spacial score (nSPS) is 16.4. The van der Waals surface area contributed by atoms with Crippen molar-refractivity contribution in [1.29, 1.82) is 0 Å². The molecule has 2 N–H and O–H groups in total. The van der Waals surface area contributed by atoms with Crippen LogP contribution in [0.15, 0.2) is 0 Å². The number of nitrogens with zero attached hydrogens (tertiary/aromatic N) is 4. The minimum atomic E-state index is 0.151. The Morgan fingerprint density at radius 3 is 2.70 bits per heavy atom. The molecule has 0 bridgehead atoms. The monoisotopic (exact) mass is 279 g/mol. The van der Waals surface area contributed by atoms with Crippen LogP contribution in [0.4, 0.5) is 11.5 Å². The van der Waals surface area contributed by atoms with E-state index in [9.17, 15) is 4.79 Å². The number of carbonyl (C=O) groups is 1. The Morgan fingerprint density at radius 1 is 1.30 bits per heavy atom. The number of carbonyl (C=O) groups excluding carboxylic acids is 1. The second kappa shape index (κ2) is 6.15. The molecule has 1 aromatic heterocycles. The molecule has 6 nitrogen and oxygen atoms in total. The topological polar surface area (TPSA) is 67.4 Å². The van der Waals surface area contributed by atoms with Gasteiger partial charge in [-0.3, -0.25) is 4.79 Å². The number of anilines is 2. The lowest BCUT2D eigenvalue weighted by Crippen LogP contribution is -2.34. The van der Waals surface area contributed by atoms with Crippen molar-refractivity contribution in [3.05, 3.63) is 5.69 Å². The van der Waals surface area contributed by atoms with Crippen LogP contribution in [0.5, 0.6) is 0 Å². The highest BCUT2D eigenvalue weighted by atomic mass is 16.2. The Labute approximate surface area is 120 Å². The molecule has 0 spiro atoms. The van der Waals surface area contributed by atoms with Gasteiger partial charge in [0.1, 0.15) is 0 Å². The Bertz CT molecular complexity index is 482. The number of hydrogen-bond donors (Lipinski definition) is 1. The number of aromatic nitrogens is 2. The van der Waals surface area contributed by atoms with Crippen molar-refractivity contribution in [2.75, 3.05) is 36.8 Å². The first-order chi connectivity index (χ1) is 9.54. The summed E-state index contributed by atoms with van der Waals surface area (Å²) in [5.41, 5.74) is 7.87. The zero-order chi connectivity index (χ0) is 14.7. The molecule has 0 aliphatic carbocycles. The molecule has 0 atom stereocenters. The number of nitrogens with two attached hydrogens (primary N) is 1. The van der Waals surface area contributed by atoms with Gasteiger partial charge in [0, 0.05) is 39.6 Å². The smallest absolute Gasteiger partial charge is 0.219 e.